The third-order valence-corrected chi connectivity index (χ3v) is 3.27. The minimum Gasteiger partial charge on any atom is -0.333 e. The number of nitrogens with zero attached hydrogens (tertiary/aromatic N) is 2. The highest BCUT2D eigenvalue weighted by Gasteiger charge is 2.26. The van der Waals surface area contributed by atoms with E-state index in [0.717, 1.165) is 15.7 Å². The Morgan fingerprint density at radius 1 is 1.28 bits per heavy atom. The number of anilines is 2. The van der Waals surface area contributed by atoms with Crippen LogP contribution in [0.3, 0.4) is 0 Å². The number of aromatic nitrogens is 1. The molecular weight excluding hydrogens is 294 g/mol. The van der Waals surface area contributed by atoms with Crippen molar-refractivity contribution in [2.45, 2.75) is 6.54 Å². The Hall–Kier alpha value is -1.88. The van der Waals surface area contributed by atoms with Crippen LogP contribution in [-0.4, -0.2) is 11.0 Å². The minimum atomic E-state index is -0.153. The van der Waals surface area contributed by atoms with Gasteiger partial charge in [-0.1, -0.05) is 28.1 Å². The highest BCUT2D eigenvalue weighted by molar-refractivity contribution is 9.10. The molecule has 1 aromatic heterocycles. The van der Waals surface area contributed by atoms with Crippen LogP contribution in [-0.2, 0) is 6.54 Å². The maximum atomic E-state index is 12.0. The van der Waals surface area contributed by atoms with Crippen LogP contribution in [0.15, 0.2) is 47.1 Å². The number of nitrogens with one attached hydrogen (secondary N) is 1. The monoisotopic (exact) mass is 303 g/mol. The summed E-state index contributed by atoms with van der Waals surface area (Å²) in [5, 5.41) is 2.84. The molecule has 5 heteroatoms. The lowest BCUT2D eigenvalue weighted by Crippen LogP contribution is -2.41. The van der Waals surface area contributed by atoms with Crippen LogP contribution >= 0.6 is 15.9 Å². The second-order valence-corrected chi connectivity index (χ2v) is 4.88. The van der Waals surface area contributed by atoms with E-state index in [2.05, 4.69) is 26.2 Å². The molecule has 1 aliphatic heterocycles. The first-order valence-electron chi connectivity index (χ1n) is 5.53. The molecule has 0 aliphatic carbocycles. The molecule has 2 amide bonds. The zero-order valence-corrected chi connectivity index (χ0v) is 11.0. The third-order valence-electron chi connectivity index (χ3n) is 2.78. The molecule has 2 heterocycles. The summed E-state index contributed by atoms with van der Waals surface area (Å²) in [6.45, 7) is 0.520. The molecule has 2 aromatic rings. The van der Waals surface area contributed by atoms with Crippen molar-refractivity contribution in [3.8, 4) is 0 Å². The Labute approximate surface area is 113 Å². The highest BCUT2D eigenvalue weighted by atomic mass is 79.9. The van der Waals surface area contributed by atoms with E-state index in [1.54, 1.807) is 11.1 Å². The van der Waals surface area contributed by atoms with E-state index in [0.29, 0.717) is 12.4 Å². The van der Waals surface area contributed by atoms with Crippen molar-refractivity contribution in [2.75, 3.05) is 4.90 Å². The maximum Gasteiger partial charge on any atom is 0.327 e. The first kappa shape index (κ1) is 11.2. The normalized spacial score (nSPS) is 14.1. The zero-order valence-electron chi connectivity index (χ0n) is 9.43. The zero-order chi connectivity index (χ0) is 12.5. The first-order chi connectivity index (χ1) is 8.75. The van der Waals surface area contributed by atoms with E-state index in [1.165, 1.54) is 0 Å². The van der Waals surface area contributed by atoms with Crippen LogP contribution < -0.4 is 10.2 Å². The number of pyridine rings is 1. The minimum absolute atomic E-state index is 0.153. The van der Waals surface area contributed by atoms with Gasteiger partial charge < -0.3 is 5.32 Å². The SMILES string of the molecule is O=C1NCc2cccnc2N1c1cccc(Br)c1. The molecule has 1 N–H and O–H groups in total. The van der Waals surface area contributed by atoms with Gasteiger partial charge in [0.15, 0.2) is 0 Å². The number of hydrogen-bond donors (Lipinski definition) is 1. The van der Waals surface area contributed by atoms with E-state index >= 15 is 0 Å². The van der Waals surface area contributed by atoms with Gasteiger partial charge in [-0.2, -0.15) is 0 Å². The summed E-state index contributed by atoms with van der Waals surface area (Å²) in [6, 6.07) is 11.3. The fraction of sp³-hybridized carbons (Fsp3) is 0.0769. The van der Waals surface area contributed by atoms with Crippen LogP contribution in [0.4, 0.5) is 16.3 Å². The molecule has 1 aromatic carbocycles. The molecule has 0 fully saturated rings. The molecular formula is C13H10BrN3O. The molecule has 0 radical (unpaired) electrons. The Morgan fingerprint density at radius 2 is 2.17 bits per heavy atom. The van der Waals surface area contributed by atoms with Crippen molar-refractivity contribution in [3.05, 3.63) is 52.6 Å². The Bertz CT molecular complexity index is 615. The second kappa shape index (κ2) is 4.42. The van der Waals surface area contributed by atoms with Gasteiger partial charge in [0.05, 0.1) is 5.69 Å². The topological polar surface area (TPSA) is 45.2 Å². The summed E-state index contributed by atoms with van der Waals surface area (Å²) >= 11 is 3.41. The molecule has 0 spiro atoms. The van der Waals surface area contributed by atoms with Crippen molar-refractivity contribution < 1.29 is 4.79 Å². The number of hydrogen-bond acceptors (Lipinski definition) is 2. The van der Waals surface area contributed by atoms with Crippen molar-refractivity contribution in [1.82, 2.24) is 10.3 Å². The van der Waals surface area contributed by atoms with Crippen LogP contribution in [0.1, 0.15) is 5.56 Å². The lowest BCUT2D eigenvalue weighted by molar-refractivity contribution is 0.247. The second-order valence-electron chi connectivity index (χ2n) is 3.96. The van der Waals surface area contributed by atoms with Crippen molar-refractivity contribution >= 4 is 33.5 Å². The quantitative estimate of drug-likeness (QED) is 0.879. The predicted octanol–water partition coefficient (Wildman–Crippen LogP) is 3.21. The fourth-order valence-corrected chi connectivity index (χ4v) is 2.36. The standard InChI is InChI=1S/C13H10BrN3O/c14-10-4-1-5-11(7-10)17-12-9(3-2-6-15-12)8-16-13(17)18/h1-7H,8H2,(H,16,18). The number of amides is 2. The molecule has 0 bridgehead atoms. The number of fused-ring (bicyclic) bond motifs is 1. The molecule has 0 saturated heterocycles. The molecule has 0 saturated carbocycles. The fourth-order valence-electron chi connectivity index (χ4n) is 1.97. The number of benzene rings is 1. The molecule has 4 nitrogen and oxygen atoms in total. The molecule has 3 rings (SSSR count). The summed E-state index contributed by atoms with van der Waals surface area (Å²) in [5.74, 6) is 0.694. The summed E-state index contributed by atoms with van der Waals surface area (Å²) < 4.78 is 0.927. The van der Waals surface area contributed by atoms with Crippen molar-refractivity contribution in [3.63, 3.8) is 0 Å². The average molecular weight is 304 g/mol. The summed E-state index contributed by atoms with van der Waals surface area (Å²) in [5.41, 5.74) is 1.80. The van der Waals surface area contributed by atoms with E-state index in [4.69, 9.17) is 0 Å². The molecule has 0 unspecified atom stereocenters. The Kier molecular flexibility index (Phi) is 2.76. The van der Waals surface area contributed by atoms with Gasteiger partial charge in [0, 0.05) is 22.8 Å². The Morgan fingerprint density at radius 3 is 3.00 bits per heavy atom. The third kappa shape index (κ3) is 1.86. The van der Waals surface area contributed by atoms with Crippen LogP contribution in [0, 0.1) is 0 Å². The van der Waals surface area contributed by atoms with Crippen molar-refractivity contribution in [2.24, 2.45) is 0 Å². The summed E-state index contributed by atoms with van der Waals surface area (Å²) in [7, 11) is 0. The molecule has 1 aliphatic rings. The molecule has 18 heavy (non-hydrogen) atoms. The van der Waals surface area contributed by atoms with Crippen LogP contribution in [0.5, 0.6) is 0 Å². The van der Waals surface area contributed by atoms with E-state index < -0.39 is 0 Å². The number of halogens is 1. The van der Waals surface area contributed by atoms with Crippen LogP contribution in [0.25, 0.3) is 0 Å². The van der Waals surface area contributed by atoms with Gasteiger partial charge in [-0.3, -0.25) is 0 Å². The summed E-state index contributed by atoms with van der Waals surface area (Å²) in [4.78, 5) is 17.9. The number of carbonyl (C=O) groups excluding carboxylic acids is 1. The predicted molar refractivity (Wildman–Crippen MR) is 72.8 cm³/mol. The number of carbonyl (C=O) groups is 1. The Balaban J connectivity index is 2.13. The maximum absolute atomic E-state index is 12.0. The molecule has 90 valence electrons. The number of rotatable bonds is 1. The molecule has 0 atom stereocenters. The van der Waals surface area contributed by atoms with Crippen molar-refractivity contribution in [1.29, 1.82) is 0 Å². The van der Waals surface area contributed by atoms with E-state index in [-0.39, 0.29) is 6.03 Å². The van der Waals surface area contributed by atoms with Gasteiger partial charge in [-0.25, -0.2) is 14.7 Å². The van der Waals surface area contributed by atoms with E-state index in [1.807, 2.05) is 36.4 Å². The van der Waals surface area contributed by atoms with Gasteiger partial charge in [-0.05, 0) is 24.3 Å². The van der Waals surface area contributed by atoms with Gasteiger partial charge in [0.2, 0.25) is 0 Å². The highest BCUT2D eigenvalue weighted by Crippen LogP contribution is 2.30. The number of urea groups is 1. The summed E-state index contributed by atoms with van der Waals surface area (Å²) in [6.07, 6.45) is 1.70. The van der Waals surface area contributed by atoms with Crippen LogP contribution in [0.2, 0.25) is 0 Å². The van der Waals surface area contributed by atoms with Gasteiger partial charge in [0.1, 0.15) is 5.82 Å². The van der Waals surface area contributed by atoms with E-state index in [9.17, 15) is 4.79 Å². The van der Waals surface area contributed by atoms with Gasteiger partial charge in [-0.15, -0.1) is 0 Å². The lowest BCUT2D eigenvalue weighted by atomic mass is 10.2. The average Bonchev–Trinajstić information content (AvgIpc) is 2.38. The largest absolute Gasteiger partial charge is 0.333 e. The van der Waals surface area contributed by atoms with Gasteiger partial charge in [0.25, 0.3) is 0 Å². The smallest absolute Gasteiger partial charge is 0.327 e. The first-order valence-corrected chi connectivity index (χ1v) is 6.32. The van der Waals surface area contributed by atoms with Gasteiger partial charge >= 0.3 is 6.03 Å². The lowest BCUT2D eigenvalue weighted by Gasteiger charge is -2.28.